The third-order valence-electron chi connectivity index (χ3n) is 5.12. The summed E-state index contributed by atoms with van der Waals surface area (Å²) < 4.78 is 33.2. The third-order valence-corrected chi connectivity index (χ3v) is 6.89. The van der Waals surface area contributed by atoms with Crippen LogP contribution in [-0.2, 0) is 14.8 Å². The van der Waals surface area contributed by atoms with Gasteiger partial charge in [-0.05, 0) is 74.4 Å². The Bertz CT molecular complexity index is 1320. The van der Waals surface area contributed by atoms with Crippen LogP contribution in [0.25, 0.3) is 0 Å². The Balaban J connectivity index is 2.01. The highest BCUT2D eigenvalue weighted by Crippen LogP contribution is 2.29. The highest BCUT2D eigenvalue weighted by Gasteiger charge is 2.29. The number of rotatable bonds is 8. The van der Waals surface area contributed by atoms with Crippen LogP contribution in [0.5, 0.6) is 5.75 Å². The number of benzene rings is 3. The first kappa shape index (κ1) is 24.7. The molecule has 0 aromatic heterocycles. The molecule has 0 spiro atoms. The van der Waals surface area contributed by atoms with E-state index >= 15 is 0 Å². The van der Waals surface area contributed by atoms with E-state index < -0.39 is 27.4 Å². The van der Waals surface area contributed by atoms with Gasteiger partial charge in [0.15, 0.2) is 0 Å². The number of carbonyl (C=O) groups excluding carboxylic acids is 1. The molecule has 0 bridgehead atoms. The first-order valence-corrected chi connectivity index (χ1v) is 11.8. The minimum Gasteiger partial charge on any atom is -0.497 e. The van der Waals surface area contributed by atoms with Gasteiger partial charge in [-0.1, -0.05) is 12.1 Å². The topological polar surface area (TPSA) is 119 Å². The van der Waals surface area contributed by atoms with Gasteiger partial charge in [-0.15, -0.1) is 0 Å². The first-order chi connectivity index (χ1) is 16.0. The van der Waals surface area contributed by atoms with Crippen molar-refractivity contribution in [1.82, 2.24) is 0 Å². The maximum Gasteiger partial charge on any atom is 0.273 e. The maximum atomic E-state index is 13.6. The van der Waals surface area contributed by atoms with Crippen LogP contribution >= 0.6 is 0 Å². The number of ether oxygens (including phenoxy) is 1. The van der Waals surface area contributed by atoms with E-state index in [2.05, 4.69) is 5.32 Å². The number of nitrogens with zero attached hydrogens (tertiary/aromatic N) is 2. The van der Waals surface area contributed by atoms with E-state index in [-0.39, 0.29) is 16.3 Å². The summed E-state index contributed by atoms with van der Waals surface area (Å²) in [6, 6.07) is 15.3. The van der Waals surface area contributed by atoms with Crippen LogP contribution in [0.4, 0.5) is 17.1 Å². The number of hydrogen-bond donors (Lipinski definition) is 1. The number of nitrogens with one attached hydrogen (secondary N) is 1. The van der Waals surface area contributed by atoms with E-state index in [4.69, 9.17) is 4.74 Å². The Labute approximate surface area is 198 Å². The zero-order valence-corrected chi connectivity index (χ0v) is 20.0. The predicted molar refractivity (Wildman–Crippen MR) is 130 cm³/mol. The van der Waals surface area contributed by atoms with Gasteiger partial charge < -0.3 is 10.1 Å². The van der Waals surface area contributed by atoms with E-state index in [0.717, 1.165) is 21.5 Å². The summed E-state index contributed by atoms with van der Waals surface area (Å²) in [7, 11) is -2.84. The summed E-state index contributed by atoms with van der Waals surface area (Å²) in [5, 5.41) is 14.1. The number of amides is 1. The molecular weight excluding hydrogens is 458 g/mol. The molecule has 178 valence electrons. The molecule has 3 aromatic carbocycles. The van der Waals surface area contributed by atoms with Gasteiger partial charge in [-0.2, -0.15) is 0 Å². The summed E-state index contributed by atoms with van der Waals surface area (Å²) in [4.78, 5) is 23.3. The molecule has 0 aliphatic carbocycles. The van der Waals surface area contributed by atoms with Crippen LogP contribution in [0.1, 0.15) is 16.7 Å². The molecule has 34 heavy (non-hydrogen) atoms. The third kappa shape index (κ3) is 5.52. The SMILES string of the molecule is COc1ccc(N(CC(=O)Nc2cc(C)cc(C)c2)S(=O)(=O)c2ccc(C)c([N+](=O)[O-])c2)cc1. The lowest BCUT2D eigenvalue weighted by Crippen LogP contribution is -2.38. The highest BCUT2D eigenvalue weighted by molar-refractivity contribution is 7.92. The van der Waals surface area contributed by atoms with Gasteiger partial charge in [0.25, 0.3) is 15.7 Å². The van der Waals surface area contributed by atoms with Crippen molar-refractivity contribution in [2.75, 3.05) is 23.3 Å². The number of methoxy groups -OCH3 is 1. The van der Waals surface area contributed by atoms with Crippen LogP contribution in [0.2, 0.25) is 0 Å². The molecule has 10 heteroatoms. The van der Waals surface area contributed by atoms with Gasteiger partial charge in [0.2, 0.25) is 5.91 Å². The molecule has 0 radical (unpaired) electrons. The van der Waals surface area contributed by atoms with Crippen LogP contribution in [0.3, 0.4) is 0 Å². The number of anilines is 2. The molecule has 1 amide bonds. The molecule has 0 aliphatic heterocycles. The van der Waals surface area contributed by atoms with Crippen LogP contribution in [-0.4, -0.2) is 32.9 Å². The maximum absolute atomic E-state index is 13.6. The van der Waals surface area contributed by atoms with Gasteiger partial charge in [0.05, 0.1) is 22.6 Å². The second kappa shape index (κ2) is 9.92. The fourth-order valence-electron chi connectivity index (χ4n) is 3.51. The number of aryl methyl sites for hydroxylation is 3. The van der Waals surface area contributed by atoms with Gasteiger partial charge in [-0.3, -0.25) is 19.2 Å². The number of nitro groups is 1. The highest BCUT2D eigenvalue weighted by atomic mass is 32.2. The second-order valence-corrected chi connectivity index (χ2v) is 9.70. The fourth-order valence-corrected chi connectivity index (χ4v) is 4.96. The minimum absolute atomic E-state index is 0.208. The van der Waals surface area contributed by atoms with Gasteiger partial charge in [0, 0.05) is 17.3 Å². The number of nitro benzene ring substituents is 1. The summed E-state index contributed by atoms with van der Waals surface area (Å²) in [5.41, 5.74) is 2.65. The normalized spacial score (nSPS) is 11.1. The summed E-state index contributed by atoms with van der Waals surface area (Å²) in [6.07, 6.45) is 0. The predicted octanol–water partition coefficient (Wildman–Crippen LogP) is 4.36. The van der Waals surface area contributed by atoms with Crippen molar-refractivity contribution in [3.8, 4) is 5.75 Å². The molecule has 3 rings (SSSR count). The Morgan fingerprint density at radius 1 is 1.00 bits per heavy atom. The minimum atomic E-state index is -4.32. The van der Waals surface area contributed by atoms with Gasteiger partial charge in [-0.25, -0.2) is 8.42 Å². The van der Waals surface area contributed by atoms with Gasteiger partial charge in [0.1, 0.15) is 12.3 Å². The summed E-state index contributed by atoms with van der Waals surface area (Å²) in [5.74, 6) is -0.0576. The van der Waals surface area contributed by atoms with Crippen LogP contribution in [0.15, 0.2) is 65.6 Å². The number of hydrogen-bond acceptors (Lipinski definition) is 6. The standard InChI is InChI=1S/C24H25N3O6S/c1-16-11-17(2)13-19(12-16)25-24(28)15-26(20-6-8-21(33-4)9-7-20)34(31,32)22-10-5-18(3)23(14-22)27(29)30/h5-14H,15H2,1-4H3,(H,25,28). The second-order valence-electron chi connectivity index (χ2n) is 7.84. The number of carbonyl (C=O) groups is 1. The average Bonchev–Trinajstić information content (AvgIpc) is 2.76. The van der Waals surface area contributed by atoms with Crippen molar-refractivity contribution in [2.24, 2.45) is 0 Å². The van der Waals surface area contributed by atoms with E-state index in [1.807, 2.05) is 19.9 Å². The summed E-state index contributed by atoms with van der Waals surface area (Å²) in [6.45, 7) is 4.76. The Morgan fingerprint density at radius 3 is 2.18 bits per heavy atom. The summed E-state index contributed by atoms with van der Waals surface area (Å²) >= 11 is 0. The Morgan fingerprint density at radius 2 is 1.62 bits per heavy atom. The van der Waals surface area contributed by atoms with Crippen molar-refractivity contribution >= 4 is 33.0 Å². The van der Waals surface area contributed by atoms with Crippen LogP contribution in [0, 0.1) is 30.9 Å². The van der Waals surface area contributed by atoms with Crippen molar-refractivity contribution < 1.29 is 22.9 Å². The molecule has 0 saturated heterocycles. The Kier molecular flexibility index (Phi) is 7.21. The lowest BCUT2D eigenvalue weighted by molar-refractivity contribution is -0.385. The average molecular weight is 484 g/mol. The zero-order valence-electron chi connectivity index (χ0n) is 19.2. The van der Waals surface area contributed by atoms with E-state index in [1.54, 1.807) is 24.3 Å². The molecule has 0 heterocycles. The van der Waals surface area contributed by atoms with Crippen molar-refractivity contribution in [3.63, 3.8) is 0 Å². The molecule has 0 saturated carbocycles. The largest absolute Gasteiger partial charge is 0.497 e. The van der Waals surface area contributed by atoms with E-state index in [9.17, 15) is 23.3 Å². The van der Waals surface area contributed by atoms with Crippen molar-refractivity contribution in [2.45, 2.75) is 25.7 Å². The molecule has 1 N–H and O–H groups in total. The van der Waals surface area contributed by atoms with E-state index in [1.165, 1.54) is 38.3 Å². The van der Waals surface area contributed by atoms with Crippen molar-refractivity contribution in [1.29, 1.82) is 0 Å². The fraction of sp³-hybridized carbons (Fsp3) is 0.208. The van der Waals surface area contributed by atoms with Crippen molar-refractivity contribution in [3.05, 3.63) is 87.5 Å². The lowest BCUT2D eigenvalue weighted by atomic mass is 10.1. The molecule has 3 aromatic rings. The monoisotopic (exact) mass is 483 g/mol. The quantitative estimate of drug-likeness (QED) is 0.376. The number of sulfonamides is 1. The molecule has 0 atom stereocenters. The molecule has 0 aliphatic rings. The Hall–Kier alpha value is -3.92. The van der Waals surface area contributed by atoms with Crippen LogP contribution < -0.4 is 14.4 Å². The van der Waals surface area contributed by atoms with E-state index in [0.29, 0.717) is 17.0 Å². The lowest BCUT2D eigenvalue weighted by Gasteiger charge is -2.24. The smallest absolute Gasteiger partial charge is 0.273 e. The molecule has 0 fully saturated rings. The van der Waals surface area contributed by atoms with Gasteiger partial charge >= 0.3 is 0 Å². The zero-order chi connectivity index (χ0) is 25.0. The molecule has 0 unspecified atom stereocenters. The first-order valence-electron chi connectivity index (χ1n) is 10.3. The molecule has 9 nitrogen and oxygen atoms in total. The molecular formula is C24H25N3O6S.